The van der Waals surface area contributed by atoms with Crippen LogP contribution in [0.3, 0.4) is 0 Å². The van der Waals surface area contributed by atoms with Gasteiger partial charge in [0.15, 0.2) is 0 Å². The lowest BCUT2D eigenvalue weighted by Gasteiger charge is -2.31. The van der Waals surface area contributed by atoms with Gasteiger partial charge in [-0.3, -0.25) is 24.0 Å². The van der Waals surface area contributed by atoms with E-state index in [-0.39, 0.29) is 48.8 Å². The molecule has 0 saturated heterocycles. The van der Waals surface area contributed by atoms with Gasteiger partial charge in [0.05, 0.1) is 0 Å². The van der Waals surface area contributed by atoms with Crippen LogP contribution in [0.25, 0.3) is 0 Å². The molecule has 0 heterocycles. The summed E-state index contributed by atoms with van der Waals surface area (Å²) >= 11 is 0. The van der Waals surface area contributed by atoms with E-state index in [1.807, 2.05) is 81.4 Å². The quantitative estimate of drug-likeness (QED) is 0.0889. The highest BCUT2D eigenvalue weighted by atomic mass is 16.4. The number of hydrogen-bond donors (Lipinski definition) is 7. The molecule has 0 aromatic heterocycles. The van der Waals surface area contributed by atoms with Crippen molar-refractivity contribution in [2.75, 3.05) is 0 Å². The van der Waals surface area contributed by atoms with Gasteiger partial charge in [-0.25, -0.2) is 4.79 Å². The molecule has 2 rings (SSSR count). The van der Waals surface area contributed by atoms with Crippen molar-refractivity contribution in [1.29, 1.82) is 0 Å². The van der Waals surface area contributed by atoms with Gasteiger partial charge < -0.3 is 37.4 Å². The van der Waals surface area contributed by atoms with E-state index in [0.29, 0.717) is 19.3 Å². The van der Waals surface area contributed by atoms with Crippen molar-refractivity contribution in [3.05, 3.63) is 71.8 Å². The summed E-state index contributed by atoms with van der Waals surface area (Å²) in [5.41, 5.74) is 8.52. The first-order valence-electron chi connectivity index (χ1n) is 19.5. The number of benzene rings is 2. The first-order chi connectivity index (χ1) is 25.9. The van der Waals surface area contributed by atoms with Crippen LogP contribution in [0.1, 0.15) is 92.2 Å². The number of carbonyl (C=O) groups excluding carboxylic acids is 5. The second kappa shape index (κ2) is 23.2. The summed E-state index contributed by atoms with van der Waals surface area (Å²) in [5.74, 6) is -4.51. The molecule has 0 saturated carbocycles. The molecular weight excluding hydrogens is 700 g/mol. The largest absolute Gasteiger partial charge is 0.480 e. The number of amides is 5. The minimum absolute atomic E-state index is 0.0793. The van der Waals surface area contributed by atoms with Gasteiger partial charge in [-0.15, -0.1) is 0 Å². The van der Waals surface area contributed by atoms with Crippen LogP contribution in [0.2, 0.25) is 0 Å². The summed E-state index contributed by atoms with van der Waals surface area (Å²) in [6, 6.07) is 13.3. The summed E-state index contributed by atoms with van der Waals surface area (Å²) in [6.07, 6.45) is 1.65. The maximum absolute atomic E-state index is 14.0. The van der Waals surface area contributed by atoms with Crippen molar-refractivity contribution in [3.8, 4) is 0 Å². The molecule has 2 aromatic carbocycles. The number of nitrogens with two attached hydrogens (primary N) is 1. The Bertz CT molecular complexity index is 1540. The fourth-order valence-electron chi connectivity index (χ4n) is 6.16. The molecule has 13 nitrogen and oxygen atoms in total. The molecule has 304 valence electrons. The van der Waals surface area contributed by atoms with Gasteiger partial charge >= 0.3 is 5.97 Å². The van der Waals surface area contributed by atoms with Crippen molar-refractivity contribution in [3.63, 3.8) is 0 Å². The number of carbonyl (C=O) groups is 6. The SMILES string of the molecule is CC[C@H](C)[C@H](NC(=O)CC(N)C(Cc1ccccc1)NC(=O)[C@@H](NC(=O)[C@H](CC(C)C)NC(=O)CCc1ccccc1)C(C)C)C(=O)N[C@H](C(=O)O)C(C)C. The molecule has 0 aliphatic heterocycles. The van der Waals surface area contributed by atoms with Crippen molar-refractivity contribution in [2.45, 2.75) is 130 Å². The van der Waals surface area contributed by atoms with E-state index in [4.69, 9.17) is 5.73 Å². The van der Waals surface area contributed by atoms with Gasteiger partial charge in [-0.05, 0) is 54.1 Å². The molecule has 8 N–H and O–H groups in total. The Hall–Kier alpha value is -4.78. The summed E-state index contributed by atoms with van der Waals surface area (Å²) in [6.45, 7) is 14.5. The maximum atomic E-state index is 14.0. The van der Waals surface area contributed by atoms with E-state index in [1.54, 1.807) is 34.6 Å². The number of aryl methyl sites for hydroxylation is 1. The molecule has 2 unspecified atom stereocenters. The molecule has 13 heteroatoms. The molecular formula is C42H64N6O7. The van der Waals surface area contributed by atoms with Crippen LogP contribution in [0, 0.1) is 23.7 Å². The fourth-order valence-corrected chi connectivity index (χ4v) is 6.16. The smallest absolute Gasteiger partial charge is 0.326 e. The highest BCUT2D eigenvalue weighted by Gasteiger charge is 2.34. The van der Waals surface area contributed by atoms with Crippen LogP contribution < -0.4 is 32.3 Å². The average Bonchev–Trinajstić information content (AvgIpc) is 3.13. The van der Waals surface area contributed by atoms with Gasteiger partial charge in [0.1, 0.15) is 24.2 Å². The lowest BCUT2D eigenvalue weighted by molar-refractivity contribution is -0.143. The van der Waals surface area contributed by atoms with Gasteiger partial charge in [0, 0.05) is 24.9 Å². The number of nitrogens with one attached hydrogen (secondary N) is 5. The molecule has 0 aliphatic carbocycles. The van der Waals surface area contributed by atoms with Gasteiger partial charge in [0.2, 0.25) is 29.5 Å². The zero-order valence-electron chi connectivity index (χ0n) is 33.8. The fraction of sp³-hybridized carbons (Fsp3) is 0.571. The minimum Gasteiger partial charge on any atom is -0.480 e. The van der Waals surface area contributed by atoms with Gasteiger partial charge in [0.25, 0.3) is 0 Å². The summed E-state index contributed by atoms with van der Waals surface area (Å²) < 4.78 is 0. The molecule has 5 amide bonds. The zero-order valence-corrected chi connectivity index (χ0v) is 33.8. The molecule has 0 spiro atoms. The van der Waals surface area contributed by atoms with E-state index in [9.17, 15) is 33.9 Å². The predicted molar refractivity (Wildman–Crippen MR) is 213 cm³/mol. The summed E-state index contributed by atoms with van der Waals surface area (Å²) in [4.78, 5) is 79.1. The lowest BCUT2D eigenvalue weighted by atomic mass is 9.94. The highest BCUT2D eigenvalue weighted by molar-refractivity contribution is 5.93. The number of carboxylic acid groups (broad SMARTS) is 1. The summed E-state index contributed by atoms with van der Waals surface area (Å²) in [5, 5.41) is 23.6. The first kappa shape index (κ1) is 46.4. The van der Waals surface area contributed by atoms with Crippen LogP contribution in [-0.4, -0.2) is 76.9 Å². The van der Waals surface area contributed by atoms with Crippen LogP contribution >= 0.6 is 0 Å². The average molecular weight is 765 g/mol. The topological polar surface area (TPSA) is 209 Å². The number of rotatable bonds is 23. The standard InChI is InChI=1S/C42H64N6O7/c1-9-28(8)38(41(53)48-37(27(6)7)42(54)55)46-35(50)24-31(43)32(23-30-18-14-11-15-19-30)45-40(52)36(26(4)5)47-39(51)33(22-25(2)3)44-34(49)21-20-29-16-12-10-13-17-29/h10-19,25-28,31-33,36-38H,9,20-24,43H2,1-8H3,(H,44,49)(H,45,52)(H,46,50)(H,47,51)(H,48,53)(H,54,55)/t28-,31?,32?,33-,36-,37-,38-/m0/s1. The molecule has 2 aromatic rings. The van der Waals surface area contributed by atoms with Crippen molar-refractivity contribution < 1.29 is 33.9 Å². The van der Waals surface area contributed by atoms with Crippen molar-refractivity contribution in [2.24, 2.45) is 29.4 Å². The van der Waals surface area contributed by atoms with Crippen LogP contribution in [0.15, 0.2) is 60.7 Å². The Kier molecular flexibility index (Phi) is 19.6. The molecule has 0 radical (unpaired) electrons. The Morgan fingerprint density at radius 3 is 1.67 bits per heavy atom. The third-order valence-electron chi connectivity index (χ3n) is 9.70. The second-order valence-corrected chi connectivity index (χ2v) is 15.6. The Morgan fingerprint density at radius 1 is 0.636 bits per heavy atom. The zero-order chi connectivity index (χ0) is 41.2. The summed E-state index contributed by atoms with van der Waals surface area (Å²) in [7, 11) is 0. The van der Waals surface area contributed by atoms with Gasteiger partial charge in [-0.1, -0.05) is 122 Å². The Balaban J connectivity index is 2.23. The molecule has 0 aliphatic rings. The van der Waals surface area contributed by atoms with E-state index >= 15 is 0 Å². The number of aliphatic carboxylic acids is 1. The maximum Gasteiger partial charge on any atom is 0.326 e. The van der Waals surface area contributed by atoms with E-state index in [0.717, 1.165) is 11.1 Å². The normalized spacial score (nSPS) is 15.2. The third-order valence-corrected chi connectivity index (χ3v) is 9.70. The lowest BCUT2D eigenvalue weighted by Crippen LogP contribution is -2.60. The second-order valence-electron chi connectivity index (χ2n) is 15.6. The monoisotopic (exact) mass is 764 g/mol. The molecule has 0 bridgehead atoms. The number of hydrogen-bond acceptors (Lipinski definition) is 7. The van der Waals surface area contributed by atoms with Crippen molar-refractivity contribution >= 4 is 35.5 Å². The molecule has 7 atom stereocenters. The van der Waals surface area contributed by atoms with E-state index in [1.165, 1.54) is 0 Å². The highest BCUT2D eigenvalue weighted by Crippen LogP contribution is 2.14. The Labute approximate surface area is 326 Å². The van der Waals surface area contributed by atoms with Crippen LogP contribution in [0.4, 0.5) is 0 Å². The minimum atomic E-state index is -1.17. The van der Waals surface area contributed by atoms with Crippen LogP contribution in [-0.2, 0) is 41.6 Å². The van der Waals surface area contributed by atoms with Crippen LogP contribution in [0.5, 0.6) is 0 Å². The number of carboxylic acids is 1. The van der Waals surface area contributed by atoms with E-state index in [2.05, 4.69) is 26.6 Å². The van der Waals surface area contributed by atoms with E-state index < -0.39 is 65.8 Å². The third kappa shape index (κ3) is 16.2. The van der Waals surface area contributed by atoms with Crippen molar-refractivity contribution in [1.82, 2.24) is 26.6 Å². The predicted octanol–water partition coefficient (Wildman–Crippen LogP) is 3.49. The Morgan fingerprint density at radius 2 is 1.16 bits per heavy atom. The first-order valence-corrected chi connectivity index (χ1v) is 19.5. The molecule has 0 fully saturated rings. The molecule has 55 heavy (non-hydrogen) atoms. The van der Waals surface area contributed by atoms with Gasteiger partial charge in [-0.2, -0.15) is 0 Å².